The largest absolute Gasteiger partial charge is 0.303 e. The van der Waals surface area contributed by atoms with Gasteiger partial charge in [0, 0.05) is 17.1 Å². The molecule has 4 nitrogen and oxygen atoms in total. The third kappa shape index (κ3) is 2.56. The van der Waals surface area contributed by atoms with E-state index >= 15 is 0 Å². The molecule has 1 saturated carbocycles. The van der Waals surface area contributed by atoms with E-state index in [4.69, 9.17) is 0 Å². The molecule has 0 spiro atoms. The molecule has 1 fully saturated rings. The predicted molar refractivity (Wildman–Crippen MR) is 69.9 cm³/mol. The van der Waals surface area contributed by atoms with E-state index in [-0.39, 0.29) is 11.9 Å². The van der Waals surface area contributed by atoms with Crippen LogP contribution in [0.2, 0.25) is 0 Å². The van der Waals surface area contributed by atoms with Crippen LogP contribution in [0.3, 0.4) is 0 Å². The third-order valence-electron chi connectivity index (χ3n) is 3.64. The summed E-state index contributed by atoms with van der Waals surface area (Å²) in [5.41, 5.74) is -0.0189. The van der Waals surface area contributed by atoms with Crippen molar-refractivity contribution >= 4 is 0 Å². The van der Waals surface area contributed by atoms with Crippen molar-refractivity contribution < 1.29 is 8.78 Å². The third-order valence-corrected chi connectivity index (χ3v) is 3.64. The molecule has 1 aliphatic carbocycles. The highest BCUT2D eigenvalue weighted by Crippen LogP contribution is 2.47. The van der Waals surface area contributed by atoms with Gasteiger partial charge in [-0.05, 0) is 38.0 Å². The number of nitrogens with one attached hydrogen (secondary N) is 1. The molecule has 1 atom stereocenters. The summed E-state index contributed by atoms with van der Waals surface area (Å²) in [5.74, 6) is -0.761. The molecular formula is C14H16F2N4. The number of benzene rings is 1. The summed E-state index contributed by atoms with van der Waals surface area (Å²) in [4.78, 5) is 3.89. The summed E-state index contributed by atoms with van der Waals surface area (Å²) in [6, 6.07) is 3.71. The van der Waals surface area contributed by atoms with Crippen LogP contribution in [0, 0.1) is 11.6 Å². The van der Waals surface area contributed by atoms with E-state index in [1.165, 1.54) is 18.5 Å². The van der Waals surface area contributed by atoms with Crippen LogP contribution in [-0.2, 0) is 12.1 Å². The zero-order valence-corrected chi connectivity index (χ0v) is 11.2. The predicted octanol–water partition coefficient (Wildman–Crippen LogP) is 2.22. The van der Waals surface area contributed by atoms with Crippen LogP contribution < -0.4 is 5.32 Å². The Morgan fingerprint density at radius 3 is 2.85 bits per heavy atom. The molecule has 2 aromatic rings. The van der Waals surface area contributed by atoms with E-state index in [2.05, 4.69) is 15.4 Å². The Hall–Kier alpha value is -1.82. The Bertz CT molecular complexity index is 593. The van der Waals surface area contributed by atoms with E-state index in [0.717, 1.165) is 18.9 Å². The molecule has 6 heteroatoms. The SMILES string of the molecule is CC(Cn1cncn1)NC1(c2cc(F)ccc2F)CC1. The lowest BCUT2D eigenvalue weighted by atomic mass is 10.0. The van der Waals surface area contributed by atoms with E-state index in [1.54, 1.807) is 11.0 Å². The molecule has 1 aromatic carbocycles. The summed E-state index contributed by atoms with van der Waals surface area (Å²) in [7, 11) is 0. The summed E-state index contributed by atoms with van der Waals surface area (Å²) in [6.07, 6.45) is 4.75. The van der Waals surface area contributed by atoms with Crippen molar-refractivity contribution in [2.45, 2.75) is 37.9 Å². The number of aromatic nitrogens is 3. The molecule has 0 bridgehead atoms. The van der Waals surface area contributed by atoms with Crippen molar-refractivity contribution in [3.8, 4) is 0 Å². The molecule has 1 N–H and O–H groups in total. The minimum atomic E-state index is -0.438. The second-order valence-corrected chi connectivity index (χ2v) is 5.37. The lowest BCUT2D eigenvalue weighted by Crippen LogP contribution is -2.39. The van der Waals surface area contributed by atoms with Crippen molar-refractivity contribution in [2.75, 3.05) is 0 Å². The maximum Gasteiger partial charge on any atom is 0.137 e. The Morgan fingerprint density at radius 1 is 1.40 bits per heavy atom. The minimum Gasteiger partial charge on any atom is -0.303 e. The molecule has 0 saturated heterocycles. The van der Waals surface area contributed by atoms with E-state index in [9.17, 15) is 8.78 Å². The van der Waals surface area contributed by atoms with Crippen LogP contribution in [0.1, 0.15) is 25.3 Å². The highest BCUT2D eigenvalue weighted by Gasteiger charge is 2.46. The fourth-order valence-corrected chi connectivity index (χ4v) is 2.61. The first-order chi connectivity index (χ1) is 9.59. The van der Waals surface area contributed by atoms with Gasteiger partial charge in [-0.2, -0.15) is 5.10 Å². The van der Waals surface area contributed by atoms with Gasteiger partial charge in [-0.3, -0.25) is 4.68 Å². The summed E-state index contributed by atoms with van der Waals surface area (Å²) in [6.45, 7) is 2.64. The molecule has 0 amide bonds. The molecule has 1 aromatic heterocycles. The van der Waals surface area contributed by atoms with Gasteiger partial charge in [0.1, 0.15) is 24.3 Å². The maximum atomic E-state index is 13.9. The minimum absolute atomic E-state index is 0.0851. The Morgan fingerprint density at radius 2 is 2.20 bits per heavy atom. The Kier molecular flexibility index (Phi) is 3.25. The van der Waals surface area contributed by atoms with Gasteiger partial charge in [0.2, 0.25) is 0 Å². The van der Waals surface area contributed by atoms with Crippen molar-refractivity contribution in [1.82, 2.24) is 20.1 Å². The lowest BCUT2D eigenvalue weighted by Gasteiger charge is -2.23. The molecule has 0 radical (unpaired) electrons. The van der Waals surface area contributed by atoms with Gasteiger partial charge in [0.05, 0.1) is 6.54 Å². The van der Waals surface area contributed by atoms with Crippen LogP contribution in [0.5, 0.6) is 0 Å². The van der Waals surface area contributed by atoms with Crippen LogP contribution in [0.15, 0.2) is 30.9 Å². The van der Waals surface area contributed by atoms with Crippen molar-refractivity contribution in [2.24, 2.45) is 0 Å². The molecule has 3 rings (SSSR count). The second-order valence-electron chi connectivity index (χ2n) is 5.37. The number of halogens is 2. The zero-order chi connectivity index (χ0) is 14.2. The van der Waals surface area contributed by atoms with Gasteiger partial charge in [-0.15, -0.1) is 0 Å². The molecular weight excluding hydrogens is 262 g/mol. The smallest absolute Gasteiger partial charge is 0.137 e. The summed E-state index contributed by atoms with van der Waals surface area (Å²) in [5, 5.41) is 7.44. The second kappa shape index (κ2) is 4.94. The van der Waals surface area contributed by atoms with Gasteiger partial charge >= 0.3 is 0 Å². The first-order valence-electron chi connectivity index (χ1n) is 6.65. The topological polar surface area (TPSA) is 42.7 Å². The van der Waals surface area contributed by atoms with Crippen LogP contribution >= 0.6 is 0 Å². The quantitative estimate of drug-likeness (QED) is 0.912. The van der Waals surface area contributed by atoms with E-state index in [1.807, 2.05) is 6.92 Å². The van der Waals surface area contributed by atoms with Gasteiger partial charge in [-0.25, -0.2) is 13.8 Å². The fraction of sp³-hybridized carbons (Fsp3) is 0.429. The molecule has 106 valence electrons. The van der Waals surface area contributed by atoms with Crippen molar-refractivity contribution in [1.29, 1.82) is 0 Å². The molecule has 1 aliphatic rings. The van der Waals surface area contributed by atoms with Gasteiger partial charge < -0.3 is 5.32 Å². The highest BCUT2D eigenvalue weighted by molar-refractivity contribution is 5.32. The first-order valence-corrected chi connectivity index (χ1v) is 6.65. The Labute approximate surface area is 115 Å². The summed E-state index contributed by atoms with van der Waals surface area (Å²) < 4.78 is 28.9. The molecule has 1 heterocycles. The number of nitrogens with zero attached hydrogens (tertiary/aromatic N) is 3. The van der Waals surface area contributed by atoms with Crippen LogP contribution in [-0.4, -0.2) is 20.8 Å². The van der Waals surface area contributed by atoms with Gasteiger partial charge in [0.15, 0.2) is 0 Å². The van der Waals surface area contributed by atoms with E-state index < -0.39 is 11.4 Å². The number of hydrogen-bond donors (Lipinski definition) is 1. The standard InChI is InChI=1S/C14H16F2N4/c1-10(7-20-9-17-8-18-20)19-14(4-5-14)12-6-11(15)2-3-13(12)16/h2-3,6,8-10,19H,4-5,7H2,1H3. The monoisotopic (exact) mass is 278 g/mol. The summed E-state index contributed by atoms with van der Waals surface area (Å²) >= 11 is 0. The fourth-order valence-electron chi connectivity index (χ4n) is 2.61. The van der Waals surface area contributed by atoms with Crippen molar-refractivity contribution in [3.05, 3.63) is 48.1 Å². The van der Waals surface area contributed by atoms with E-state index in [0.29, 0.717) is 12.1 Å². The van der Waals surface area contributed by atoms with Crippen LogP contribution in [0.25, 0.3) is 0 Å². The lowest BCUT2D eigenvalue weighted by molar-refractivity contribution is 0.376. The number of hydrogen-bond acceptors (Lipinski definition) is 3. The zero-order valence-electron chi connectivity index (χ0n) is 11.2. The Balaban J connectivity index is 1.74. The van der Waals surface area contributed by atoms with Gasteiger partial charge in [-0.1, -0.05) is 0 Å². The number of rotatable bonds is 5. The maximum absolute atomic E-state index is 13.9. The van der Waals surface area contributed by atoms with Gasteiger partial charge in [0.25, 0.3) is 0 Å². The molecule has 20 heavy (non-hydrogen) atoms. The van der Waals surface area contributed by atoms with Crippen molar-refractivity contribution in [3.63, 3.8) is 0 Å². The first kappa shape index (κ1) is 13.2. The normalized spacial score (nSPS) is 17.9. The average molecular weight is 278 g/mol. The average Bonchev–Trinajstić information content (AvgIpc) is 2.99. The molecule has 1 unspecified atom stereocenters. The van der Waals surface area contributed by atoms with Crippen LogP contribution in [0.4, 0.5) is 8.78 Å². The molecule has 0 aliphatic heterocycles. The highest BCUT2D eigenvalue weighted by atomic mass is 19.1.